The summed E-state index contributed by atoms with van der Waals surface area (Å²) < 4.78 is 0. The molecular formula is C16H23N5. The number of hydrogen-bond donors (Lipinski definition) is 3. The van der Waals surface area contributed by atoms with Crippen LogP contribution in [0.5, 0.6) is 0 Å². The highest BCUT2D eigenvalue weighted by molar-refractivity contribution is 5.47. The molecule has 0 radical (unpaired) electrons. The molecule has 0 aliphatic heterocycles. The lowest BCUT2D eigenvalue weighted by Crippen LogP contribution is -2.32. The molecule has 0 saturated carbocycles. The summed E-state index contributed by atoms with van der Waals surface area (Å²) in [5, 5.41) is 3.48. The van der Waals surface area contributed by atoms with Gasteiger partial charge in [-0.3, -0.25) is 5.43 Å². The summed E-state index contributed by atoms with van der Waals surface area (Å²) in [5.74, 6) is 6.60. The highest BCUT2D eigenvalue weighted by Gasteiger charge is 2.19. The Bertz CT molecular complexity index is 580. The molecule has 5 nitrogen and oxygen atoms in total. The number of rotatable bonds is 6. The van der Waals surface area contributed by atoms with Gasteiger partial charge in [-0.15, -0.1) is 0 Å². The van der Waals surface area contributed by atoms with E-state index in [2.05, 4.69) is 58.8 Å². The number of hydrazine groups is 1. The van der Waals surface area contributed by atoms with Crippen molar-refractivity contribution in [2.75, 3.05) is 10.7 Å². The molecule has 5 heteroatoms. The Morgan fingerprint density at radius 3 is 2.57 bits per heavy atom. The smallest absolute Gasteiger partial charge is 0.239 e. The van der Waals surface area contributed by atoms with Crippen LogP contribution in [0.2, 0.25) is 0 Å². The maximum atomic E-state index is 5.36. The molecule has 2 aromatic rings. The second-order valence-electron chi connectivity index (χ2n) is 5.86. The molecule has 1 aromatic carbocycles. The quantitative estimate of drug-likeness (QED) is 0.562. The van der Waals surface area contributed by atoms with Crippen LogP contribution in [0, 0.1) is 6.92 Å². The van der Waals surface area contributed by atoms with E-state index in [4.69, 9.17) is 5.84 Å². The Balaban J connectivity index is 2.03. The number of aromatic nitrogens is 2. The van der Waals surface area contributed by atoms with Crippen molar-refractivity contribution >= 4 is 11.8 Å². The Labute approximate surface area is 126 Å². The molecular weight excluding hydrogens is 262 g/mol. The summed E-state index contributed by atoms with van der Waals surface area (Å²) in [7, 11) is 0. The van der Waals surface area contributed by atoms with Gasteiger partial charge in [-0.05, 0) is 39.2 Å². The minimum Gasteiger partial charge on any atom is -0.365 e. The molecule has 0 aliphatic carbocycles. The maximum Gasteiger partial charge on any atom is 0.239 e. The normalized spacial score (nSPS) is 11.2. The second-order valence-corrected chi connectivity index (χ2v) is 5.86. The molecule has 0 fully saturated rings. The third kappa shape index (κ3) is 4.43. The Morgan fingerprint density at radius 2 is 1.90 bits per heavy atom. The molecule has 0 bridgehead atoms. The van der Waals surface area contributed by atoms with E-state index in [0.717, 1.165) is 24.2 Å². The van der Waals surface area contributed by atoms with Crippen LogP contribution < -0.4 is 16.6 Å². The number of nitrogens with zero attached hydrogens (tertiary/aromatic N) is 2. The second kappa shape index (κ2) is 6.54. The molecule has 0 spiro atoms. The minimum absolute atomic E-state index is 0.0686. The van der Waals surface area contributed by atoms with Crippen LogP contribution in [-0.2, 0) is 6.42 Å². The van der Waals surface area contributed by atoms with Crippen molar-refractivity contribution in [3.63, 3.8) is 0 Å². The zero-order chi connectivity index (χ0) is 15.3. The molecule has 21 heavy (non-hydrogen) atoms. The van der Waals surface area contributed by atoms with Gasteiger partial charge in [0, 0.05) is 17.3 Å². The summed E-state index contributed by atoms with van der Waals surface area (Å²) >= 11 is 0. The summed E-state index contributed by atoms with van der Waals surface area (Å²) in [4.78, 5) is 8.47. The van der Waals surface area contributed by atoms with E-state index in [1.165, 1.54) is 5.56 Å². The van der Waals surface area contributed by atoms with E-state index in [1.54, 1.807) is 6.20 Å². The Hall–Kier alpha value is -2.14. The first-order valence-corrected chi connectivity index (χ1v) is 7.12. The molecule has 1 heterocycles. The maximum absolute atomic E-state index is 5.36. The summed E-state index contributed by atoms with van der Waals surface area (Å²) in [6.45, 7) is 6.33. The lowest BCUT2D eigenvalue weighted by molar-refractivity contribution is 0.516. The third-order valence-corrected chi connectivity index (χ3v) is 3.44. The van der Waals surface area contributed by atoms with Crippen LogP contribution in [0.3, 0.4) is 0 Å². The Kier molecular flexibility index (Phi) is 4.75. The summed E-state index contributed by atoms with van der Waals surface area (Å²) in [5.41, 5.74) is 4.75. The number of nitrogen functional groups attached to an aromatic ring is 1. The number of aryl methyl sites for hydroxylation is 2. The first kappa shape index (κ1) is 15.3. The van der Waals surface area contributed by atoms with Crippen molar-refractivity contribution < 1.29 is 0 Å². The van der Waals surface area contributed by atoms with Crippen LogP contribution in [0.25, 0.3) is 0 Å². The zero-order valence-corrected chi connectivity index (χ0v) is 12.9. The van der Waals surface area contributed by atoms with E-state index in [1.807, 2.05) is 13.0 Å². The molecule has 4 N–H and O–H groups in total. The van der Waals surface area contributed by atoms with Gasteiger partial charge in [-0.25, -0.2) is 10.8 Å². The first-order valence-electron chi connectivity index (χ1n) is 7.12. The standard InChI is InChI=1S/C16H23N5/c1-12-11-18-15(21-17)19-14(12)20-16(2,3)10-9-13-7-5-4-6-8-13/h4-8,11H,9-10,17H2,1-3H3,(H2,18,19,20,21). The predicted octanol–water partition coefficient (Wildman–Crippen LogP) is 2.89. The molecule has 0 atom stereocenters. The SMILES string of the molecule is Cc1cnc(NN)nc1NC(C)(C)CCc1ccccc1. The predicted molar refractivity (Wildman–Crippen MR) is 87.0 cm³/mol. The van der Waals surface area contributed by atoms with Crippen molar-refractivity contribution in [1.82, 2.24) is 9.97 Å². The molecule has 0 saturated heterocycles. The fourth-order valence-corrected chi connectivity index (χ4v) is 2.12. The van der Waals surface area contributed by atoms with Gasteiger partial charge in [0.2, 0.25) is 5.95 Å². The minimum atomic E-state index is -0.0686. The van der Waals surface area contributed by atoms with Crippen LogP contribution in [0.4, 0.5) is 11.8 Å². The Morgan fingerprint density at radius 1 is 1.19 bits per heavy atom. The van der Waals surface area contributed by atoms with E-state index in [-0.39, 0.29) is 5.54 Å². The number of nitrogens with two attached hydrogens (primary N) is 1. The van der Waals surface area contributed by atoms with E-state index in [9.17, 15) is 0 Å². The third-order valence-electron chi connectivity index (χ3n) is 3.44. The molecule has 1 aromatic heterocycles. The number of anilines is 2. The highest BCUT2D eigenvalue weighted by atomic mass is 15.3. The zero-order valence-electron chi connectivity index (χ0n) is 12.9. The summed E-state index contributed by atoms with van der Waals surface area (Å²) in [6, 6.07) is 10.5. The van der Waals surface area contributed by atoms with Gasteiger partial charge in [0.25, 0.3) is 0 Å². The van der Waals surface area contributed by atoms with Crippen LogP contribution >= 0.6 is 0 Å². The average Bonchev–Trinajstić information content (AvgIpc) is 2.48. The van der Waals surface area contributed by atoms with Crippen LogP contribution in [-0.4, -0.2) is 15.5 Å². The van der Waals surface area contributed by atoms with Crippen molar-refractivity contribution in [3.8, 4) is 0 Å². The van der Waals surface area contributed by atoms with Crippen molar-refractivity contribution in [2.45, 2.75) is 39.2 Å². The number of nitrogens with one attached hydrogen (secondary N) is 2. The van der Waals surface area contributed by atoms with Gasteiger partial charge in [0.05, 0.1) is 0 Å². The van der Waals surface area contributed by atoms with E-state index < -0.39 is 0 Å². The molecule has 0 unspecified atom stereocenters. The first-order chi connectivity index (χ1) is 10.00. The average molecular weight is 285 g/mol. The van der Waals surface area contributed by atoms with E-state index in [0.29, 0.717) is 5.95 Å². The van der Waals surface area contributed by atoms with Crippen LogP contribution in [0.1, 0.15) is 31.4 Å². The fraction of sp³-hybridized carbons (Fsp3) is 0.375. The van der Waals surface area contributed by atoms with Crippen molar-refractivity contribution in [2.24, 2.45) is 5.84 Å². The lowest BCUT2D eigenvalue weighted by Gasteiger charge is -2.28. The highest BCUT2D eigenvalue weighted by Crippen LogP contribution is 2.21. The van der Waals surface area contributed by atoms with E-state index >= 15 is 0 Å². The van der Waals surface area contributed by atoms with Gasteiger partial charge < -0.3 is 5.32 Å². The molecule has 0 amide bonds. The van der Waals surface area contributed by atoms with Gasteiger partial charge >= 0.3 is 0 Å². The van der Waals surface area contributed by atoms with Gasteiger partial charge in [0.15, 0.2) is 0 Å². The number of benzene rings is 1. The largest absolute Gasteiger partial charge is 0.365 e. The van der Waals surface area contributed by atoms with Gasteiger partial charge in [0.1, 0.15) is 5.82 Å². The molecule has 2 rings (SSSR count). The van der Waals surface area contributed by atoms with Crippen molar-refractivity contribution in [1.29, 1.82) is 0 Å². The molecule has 0 aliphatic rings. The van der Waals surface area contributed by atoms with Crippen molar-refractivity contribution in [3.05, 3.63) is 47.7 Å². The number of hydrogen-bond acceptors (Lipinski definition) is 5. The fourth-order valence-electron chi connectivity index (χ4n) is 2.12. The van der Waals surface area contributed by atoms with Gasteiger partial charge in [-0.1, -0.05) is 30.3 Å². The van der Waals surface area contributed by atoms with Crippen LogP contribution in [0.15, 0.2) is 36.5 Å². The van der Waals surface area contributed by atoms with Gasteiger partial charge in [-0.2, -0.15) is 4.98 Å². The topological polar surface area (TPSA) is 75.9 Å². The summed E-state index contributed by atoms with van der Waals surface area (Å²) in [6.07, 6.45) is 3.79. The lowest BCUT2D eigenvalue weighted by atomic mass is 9.95. The monoisotopic (exact) mass is 285 g/mol. The molecule has 112 valence electrons.